The molecule has 0 atom stereocenters. The van der Waals surface area contributed by atoms with Gasteiger partial charge < -0.3 is 9.47 Å². The molecule has 12 heteroatoms. The van der Waals surface area contributed by atoms with Gasteiger partial charge in [-0.25, -0.2) is 0 Å². The summed E-state index contributed by atoms with van der Waals surface area (Å²) in [6.07, 6.45) is 1.17. The highest BCUT2D eigenvalue weighted by Gasteiger charge is 2.17. The molecule has 0 N–H and O–H groups in total. The molecule has 0 saturated heterocycles. The third-order valence-corrected chi connectivity index (χ3v) is 5.10. The fourth-order valence-corrected chi connectivity index (χ4v) is 3.57. The number of aryl methyl sites for hydroxylation is 1. The fraction of sp³-hybridized carbons (Fsp3) is 0.400. The molecule has 174 valence electrons. The molecular formula is C20H23I2N3O6S. The van der Waals surface area contributed by atoms with E-state index in [0.717, 1.165) is 10.4 Å². The minimum absolute atomic E-state index is 0.0238. The lowest BCUT2D eigenvalue weighted by Gasteiger charge is -2.17. The molecule has 0 bridgehead atoms. The third kappa shape index (κ3) is 10.3. The number of azo groups is 1. The van der Waals surface area contributed by atoms with Crippen LogP contribution in [-0.2, 0) is 19.1 Å². The van der Waals surface area contributed by atoms with Gasteiger partial charge in [0.05, 0.1) is 23.8 Å². The summed E-state index contributed by atoms with van der Waals surface area (Å²) in [7, 11) is 0. The van der Waals surface area contributed by atoms with Crippen LogP contribution in [0.25, 0.3) is 0 Å². The number of thiophene rings is 1. The van der Waals surface area contributed by atoms with Crippen molar-refractivity contribution in [2.75, 3.05) is 13.2 Å². The molecule has 0 saturated carbocycles. The minimum atomic E-state index is -0.474. The first kappa shape index (κ1) is 28.4. The molecule has 0 fully saturated rings. The number of nitrogens with zero attached hydrogens (tertiary/aromatic N) is 3. The Morgan fingerprint density at radius 2 is 1.59 bits per heavy atom. The van der Waals surface area contributed by atoms with Crippen LogP contribution in [0.4, 0.5) is 16.4 Å². The number of hydrogen-bond acceptors (Lipinski definition) is 9. The van der Waals surface area contributed by atoms with Crippen LogP contribution >= 0.6 is 48.6 Å². The Morgan fingerprint density at radius 3 is 2.06 bits per heavy atom. The van der Waals surface area contributed by atoms with Crippen LogP contribution in [0.1, 0.15) is 43.0 Å². The summed E-state index contributed by atoms with van der Waals surface area (Å²) in [6, 6.07) is 8.73. The van der Waals surface area contributed by atoms with Crippen LogP contribution in [0.3, 0.4) is 0 Å². The van der Waals surface area contributed by atoms with Crippen LogP contribution in [0.2, 0.25) is 0 Å². The summed E-state index contributed by atoms with van der Waals surface area (Å²) in [5.41, 5.74) is 1.47. The van der Waals surface area contributed by atoms with Crippen molar-refractivity contribution in [2.45, 2.75) is 39.5 Å². The van der Waals surface area contributed by atoms with Gasteiger partial charge in [-0.15, -0.1) is 21.6 Å². The summed E-state index contributed by atoms with van der Waals surface area (Å²) < 4.78 is 10.1. The average molecular weight is 687 g/mol. The van der Waals surface area contributed by atoms with Gasteiger partial charge in [0.15, 0.2) is 0 Å². The number of carbonyl (C=O) groups excluding carboxylic acids is 2. The van der Waals surface area contributed by atoms with E-state index < -0.39 is 4.92 Å². The van der Waals surface area contributed by atoms with Gasteiger partial charge in [-0.3, -0.25) is 19.7 Å². The number of nitro groups is 1. The molecule has 0 unspecified atom stereocenters. The predicted molar refractivity (Wildman–Crippen MR) is 140 cm³/mol. The van der Waals surface area contributed by atoms with E-state index in [4.69, 9.17) is 9.47 Å². The molecule has 9 nitrogen and oxygen atoms in total. The average Bonchev–Trinajstić information content (AvgIpc) is 3.13. The molecule has 0 radical (unpaired) electrons. The van der Waals surface area contributed by atoms with Crippen molar-refractivity contribution in [2.24, 2.45) is 10.2 Å². The first-order valence-electron chi connectivity index (χ1n) is 9.43. The SMILES string of the molecule is CC(=O)OCCC(CCOC(C)=O)c1ccc(N=Nc2sc(C)cc2[N+](=O)[O-])cc1.II. The van der Waals surface area contributed by atoms with Crippen molar-refractivity contribution in [1.29, 1.82) is 0 Å². The largest absolute Gasteiger partial charge is 0.466 e. The van der Waals surface area contributed by atoms with E-state index in [1.54, 1.807) is 19.1 Å². The van der Waals surface area contributed by atoms with Crippen LogP contribution in [0.15, 0.2) is 40.6 Å². The maximum absolute atomic E-state index is 11.1. The molecule has 0 aliphatic rings. The van der Waals surface area contributed by atoms with E-state index in [1.807, 2.05) is 12.1 Å². The summed E-state index contributed by atoms with van der Waals surface area (Å²) in [4.78, 5) is 33.4. The van der Waals surface area contributed by atoms with Crippen molar-refractivity contribution < 1.29 is 24.0 Å². The number of hydrogen-bond donors (Lipinski definition) is 0. The molecule has 1 aromatic heterocycles. The van der Waals surface area contributed by atoms with E-state index >= 15 is 0 Å². The Labute approximate surface area is 213 Å². The highest BCUT2D eigenvalue weighted by atomic mass is 128. The van der Waals surface area contributed by atoms with Crippen LogP contribution < -0.4 is 0 Å². The zero-order valence-corrected chi connectivity index (χ0v) is 22.9. The van der Waals surface area contributed by atoms with E-state index in [0.29, 0.717) is 18.5 Å². The standard InChI is InChI=1S/C20H23N3O6S.I2/c1-13-12-19(23(26)27)20(30-13)22-21-18-6-4-16(5-7-18)17(8-10-28-14(2)24)9-11-29-15(3)25;1-2/h4-7,12,17H,8-11H2,1-3H3;. The molecule has 2 aromatic rings. The predicted octanol–water partition coefficient (Wildman–Crippen LogP) is 7.14. The minimum Gasteiger partial charge on any atom is -0.466 e. The molecule has 0 aliphatic carbocycles. The number of benzene rings is 1. The lowest BCUT2D eigenvalue weighted by molar-refractivity contribution is -0.383. The lowest BCUT2D eigenvalue weighted by Crippen LogP contribution is -2.10. The first-order valence-corrected chi connectivity index (χ1v) is 16.5. The van der Waals surface area contributed by atoms with E-state index in [-0.39, 0.29) is 41.8 Å². The van der Waals surface area contributed by atoms with Gasteiger partial charge >= 0.3 is 17.6 Å². The zero-order valence-electron chi connectivity index (χ0n) is 17.7. The Kier molecular flexibility index (Phi) is 13.5. The smallest absolute Gasteiger partial charge is 0.308 e. The maximum atomic E-state index is 11.1. The topological polar surface area (TPSA) is 120 Å². The van der Waals surface area contributed by atoms with Crippen LogP contribution in [-0.4, -0.2) is 30.1 Å². The summed E-state index contributed by atoms with van der Waals surface area (Å²) in [5.74, 6) is -0.666. The number of rotatable bonds is 10. The van der Waals surface area contributed by atoms with Crippen molar-refractivity contribution in [3.05, 3.63) is 50.9 Å². The summed E-state index contributed by atoms with van der Waals surface area (Å²) in [5, 5.41) is 19.4. The number of carbonyl (C=O) groups is 2. The van der Waals surface area contributed by atoms with Gasteiger partial charge in [0, 0.05) is 62.0 Å². The number of ether oxygens (including phenoxy) is 2. The Hall–Kier alpha value is -1.68. The first-order chi connectivity index (χ1) is 15.3. The quantitative estimate of drug-likeness (QED) is 0.0861. The van der Waals surface area contributed by atoms with E-state index in [9.17, 15) is 19.7 Å². The maximum Gasteiger partial charge on any atom is 0.308 e. The third-order valence-electron chi connectivity index (χ3n) is 4.18. The second kappa shape index (κ2) is 15.2. The van der Waals surface area contributed by atoms with E-state index in [2.05, 4.69) is 47.5 Å². The number of esters is 2. The van der Waals surface area contributed by atoms with Gasteiger partial charge in [-0.2, -0.15) is 0 Å². The summed E-state index contributed by atoms with van der Waals surface area (Å²) in [6.45, 7) is 5.02. The number of halogens is 2. The molecule has 32 heavy (non-hydrogen) atoms. The van der Waals surface area contributed by atoms with Gasteiger partial charge in [-0.1, -0.05) is 12.1 Å². The monoisotopic (exact) mass is 687 g/mol. The van der Waals surface area contributed by atoms with Crippen molar-refractivity contribution >= 4 is 76.9 Å². The normalized spacial score (nSPS) is 10.6. The lowest BCUT2D eigenvalue weighted by atomic mass is 9.93. The highest BCUT2D eigenvalue weighted by molar-refractivity contribution is 15.0. The van der Waals surface area contributed by atoms with Gasteiger partial charge in [0.25, 0.3) is 0 Å². The fourth-order valence-electron chi connectivity index (χ4n) is 2.77. The Balaban J connectivity index is 0.00000249. The second-order valence-electron chi connectivity index (χ2n) is 6.55. The molecule has 1 aromatic carbocycles. The van der Waals surface area contributed by atoms with Gasteiger partial charge in [0.1, 0.15) is 0 Å². The molecule has 1 heterocycles. The molecular weight excluding hydrogens is 664 g/mol. The van der Waals surface area contributed by atoms with E-state index in [1.165, 1.54) is 31.3 Å². The molecule has 0 spiro atoms. The summed E-state index contributed by atoms with van der Waals surface area (Å²) >= 11 is 5.45. The molecule has 0 aliphatic heterocycles. The van der Waals surface area contributed by atoms with Crippen molar-refractivity contribution in [1.82, 2.24) is 0 Å². The van der Waals surface area contributed by atoms with Crippen molar-refractivity contribution in [3.63, 3.8) is 0 Å². The Bertz CT molecular complexity index is 914. The van der Waals surface area contributed by atoms with Gasteiger partial charge in [-0.05, 0) is 43.4 Å². The molecule has 2 rings (SSSR count). The molecule has 0 amide bonds. The zero-order chi connectivity index (χ0) is 24.1. The van der Waals surface area contributed by atoms with Gasteiger partial charge in [0.2, 0.25) is 5.00 Å². The highest BCUT2D eigenvalue weighted by Crippen LogP contribution is 2.37. The Morgan fingerprint density at radius 1 is 1.06 bits per heavy atom. The van der Waals surface area contributed by atoms with Crippen LogP contribution in [0.5, 0.6) is 0 Å². The second-order valence-corrected chi connectivity index (χ2v) is 7.79. The van der Waals surface area contributed by atoms with Crippen LogP contribution in [0, 0.1) is 17.0 Å². The van der Waals surface area contributed by atoms with Crippen molar-refractivity contribution in [3.8, 4) is 0 Å².